The van der Waals surface area contributed by atoms with Gasteiger partial charge in [0.2, 0.25) is 17.7 Å². The second-order valence-electron chi connectivity index (χ2n) is 14.2. The van der Waals surface area contributed by atoms with Crippen molar-refractivity contribution in [2.75, 3.05) is 13.7 Å². The van der Waals surface area contributed by atoms with Crippen LogP contribution >= 0.6 is 12.2 Å². The number of alkyl halides is 3. The van der Waals surface area contributed by atoms with E-state index in [9.17, 15) is 37.1 Å². The van der Waals surface area contributed by atoms with Crippen LogP contribution in [0.25, 0.3) is 10.9 Å². The number of hydrogen-bond acceptors (Lipinski definition) is 6. The van der Waals surface area contributed by atoms with Gasteiger partial charge < -0.3 is 36.1 Å². The normalized spacial score (nSPS) is 15.5. The standard InChI is InChI=1S/C38H41F4N5O5S.C4H10.C2H6/c1-4-21(2)33(35(53)44-19-22-12-13-30(52-3)29(48)16-22)46-36(51)37(47-32(50)20-43-31(49)17-23-8-5-6-11-27(23)39)15-14-28-25(18-37)24-9-7-10-26(34(24)45-28)38(40,41)42;1-3-4-2;1-2/h5-13,16,21,33,45,48H,4,14-15,17-20H2,1-3H3,(H,43,49)(H,44,53)(H,46,51)(H,47,50);3-4H2,1-2H3;1-2H3/t21-,33?,37+;;/m0../s1. The zero-order chi connectivity index (χ0) is 43.9. The average Bonchev–Trinajstić information content (AvgIpc) is 3.59. The number of benzene rings is 3. The molecular weight excluding hydrogens is 787 g/mol. The smallest absolute Gasteiger partial charge is 0.418 e. The summed E-state index contributed by atoms with van der Waals surface area (Å²) in [4.78, 5) is 43.8. The van der Waals surface area contributed by atoms with Crippen LogP contribution in [0.5, 0.6) is 11.5 Å². The molecule has 59 heavy (non-hydrogen) atoms. The van der Waals surface area contributed by atoms with Gasteiger partial charge in [-0.1, -0.05) is 109 Å². The van der Waals surface area contributed by atoms with Crippen LogP contribution in [0.1, 0.15) is 95.2 Å². The second kappa shape index (κ2) is 22.3. The third-order valence-electron chi connectivity index (χ3n) is 10.2. The van der Waals surface area contributed by atoms with Gasteiger partial charge in [0.05, 0.1) is 42.2 Å². The van der Waals surface area contributed by atoms with Gasteiger partial charge in [-0.25, -0.2) is 4.39 Å². The highest BCUT2D eigenvalue weighted by Gasteiger charge is 2.46. The van der Waals surface area contributed by atoms with Crippen molar-refractivity contribution < 1.29 is 41.8 Å². The zero-order valence-corrected chi connectivity index (χ0v) is 35.6. The highest BCUT2D eigenvalue weighted by Crippen LogP contribution is 2.40. The fraction of sp³-hybridized carbons (Fsp3) is 0.455. The monoisotopic (exact) mass is 843 g/mol. The molecule has 0 radical (unpaired) electrons. The van der Waals surface area contributed by atoms with E-state index in [4.69, 9.17) is 17.0 Å². The molecule has 0 fully saturated rings. The molecule has 6 N–H and O–H groups in total. The average molecular weight is 844 g/mol. The van der Waals surface area contributed by atoms with Gasteiger partial charge in [-0.15, -0.1) is 0 Å². The number of methoxy groups -OCH3 is 1. The number of fused-ring (bicyclic) bond motifs is 3. The topological polar surface area (TPSA) is 145 Å². The first-order chi connectivity index (χ1) is 28.1. The quantitative estimate of drug-likeness (QED) is 0.0555. The fourth-order valence-electron chi connectivity index (χ4n) is 6.56. The van der Waals surface area contributed by atoms with Crippen LogP contribution < -0.4 is 26.0 Å². The van der Waals surface area contributed by atoms with Crippen molar-refractivity contribution in [3.8, 4) is 11.5 Å². The van der Waals surface area contributed by atoms with Gasteiger partial charge in [0, 0.05) is 24.0 Å². The number of H-pyrrole nitrogens is 1. The van der Waals surface area contributed by atoms with E-state index in [1.165, 1.54) is 56.3 Å². The molecule has 1 aliphatic rings. The number of hydrogen-bond donors (Lipinski definition) is 6. The first kappa shape index (κ1) is 48.2. The Bertz CT molecular complexity index is 2050. The predicted octanol–water partition coefficient (Wildman–Crippen LogP) is 8.22. The second-order valence-corrected chi connectivity index (χ2v) is 14.7. The van der Waals surface area contributed by atoms with E-state index in [0.717, 1.165) is 6.07 Å². The van der Waals surface area contributed by atoms with Crippen molar-refractivity contribution in [1.29, 1.82) is 0 Å². The Morgan fingerprint density at radius 2 is 1.68 bits per heavy atom. The molecule has 0 saturated heterocycles. The number of aryl methyl sites for hydroxylation is 1. The molecule has 15 heteroatoms. The predicted molar refractivity (Wildman–Crippen MR) is 227 cm³/mol. The SMILES string of the molecule is CC.CCCC.CC[C@H](C)C(NC(=O)[C@@]1(NC(=O)CNC(=O)Cc2ccccc2F)CCc2[nH]c3c(C(F)(F)F)cccc3c2C1)C(=S)NCc1ccc(OC)c(O)c1. The van der Waals surface area contributed by atoms with Crippen LogP contribution in [-0.2, 0) is 46.4 Å². The van der Waals surface area contributed by atoms with Crippen molar-refractivity contribution in [1.82, 2.24) is 26.3 Å². The molecule has 10 nitrogen and oxygen atoms in total. The Balaban J connectivity index is 0.00000146. The molecule has 1 heterocycles. The molecule has 1 unspecified atom stereocenters. The van der Waals surface area contributed by atoms with Crippen LogP contribution in [0.2, 0.25) is 0 Å². The number of phenols is 1. The third kappa shape index (κ3) is 12.7. The number of phenolic OH excluding ortho intramolecular Hbond substituents is 1. The fourth-order valence-corrected chi connectivity index (χ4v) is 6.92. The van der Waals surface area contributed by atoms with Crippen LogP contribution in [0.4, 0.5) is 17.6 Å². The maximum atomic E-state index is 14.5. The number of ether oxygens (including phenoxy) is 1. The molecule has 0 aliphatic heterocycles. The number of nitrogens with one attached hydrogen (secondary N) is 5. The van der Waals surface area contributed by atoms with Crippen LogP contribution in [0.3, 0.4) is 0 Å². The maximum Gasteiger partial charge on any atom is 0.418 e. The summed E-state index contributed by atoms with van der Waals surface area (Å²) in [5.41, 5.74) is -0.796. The van der Waals surface area contributed by atoms with Crippen LogP contribution in [0, 0.1) is 11.7 Å². The number of carbonyl (C=O) groups is 3. The van der Waals surface area contributed by atoms with Gasteiger partial charge in [-0.3, -0.25) is 14.4 Å². The number of aromatic nitrogens is 1. The van der Waals surface area contributed by atoms with Gasteiger partial charge in [0.25, 0.3) is 0 Å². The lowest BCUT2D eigenvalue weighted by molar-refractivity contribution is -0.136. The number of aromatic amines is 1. The van der Waals surface area contributed by atoms with Gasteiger partial charge in [0.15, 0.2) is 11.5 Å². The summed E-state index contributed by atoms with van der Waals surface area (Å²) in [6.07, 6.45) is -1.70. The zero-order valence-electron chi connectivity index (χ0n) is 34.8. The molecule has 322 valence electrons. The lowest BCUT2D eigenvalue weighted by atomic mass is 9.78. The summed E-state index contributed by atoms with van der Waals surface area (Å²) >= 11 is 5.75. The summed E-state index contributed by atoms with van der Waals surface area (Å²) in [5.74, 6) is -2.45. The first-order valence-electron chi connectivity index (χ1n) is 20.0. The largest absolute Gasteiger partial charge is 0.504 e. The van der Waals surface area contributed by atoms with E-state index in [2.05, 4.69) is 40.1 Å². The van der Waals surface area contributed by atoms with Gasteiger partial charge >= 0.3 is 6.18 Å². The van der Waals surface area contributed by atoms with Crippen molar-refractivity contribution >= 4 is 45.8 Å². The molecule has 0 bridgehead atoms. The van der Waals surface area contributed by atoms with E-state index >= 15 is 0 Å². The van der Waals surface area contributed by atoms with E-state index in [0.29, 0.717) is 34.0 Å². The van der Waals surface area contributed by atoms with E-state index < -0.39 is 53.4 Å². The third-order valence-corrected chi connectivity index (χ3v) is 10.6. The molecule has 0 spiro atoms. The van der Waals surface area contributed by atoms with Gasteiger partial charge in [0.1, 0.15) is 11.4 Å². The molecule has 3 aromatic carbocycles. The minimum atomic E-state index is -4.63. The highest BCUT2D eigenvalue weighted by atomic mass is 32.1. The summed E-state index contributed by atoms with van der Waals surface area (Å²) in [6, 6.07) is 13.7. The Kier molecular flexibility index (Phi) is 18.2. The molecule has 3 amide bonds. The molecule has 3 atom stereocenters. The van der Waals surface area contributed by atoms with Crippen molar-refractivity contribution in [2.24, 2.45) is 5.92 Å². The molecule has 5 rings (SSSR count). The lowest BCUT2D eigenvalue weighted by Crippen LogP contribution is -2.65. The van der Waals surface area contributed by atoms with E-state index in [1.54, 1.807) is 18.2 Å². The van der Waals surface area contributed by atoms with Gasteiger partial charge in [-0.2, -0.15) is 13.2 Å². The number of carbonyl (C=O) groups excluding carboxylic acids is 3. The number of rotatable bonds is 14. The van der Waals surface area contributed by atoms with E-state index in [-0.39, 0.29) is 60.4 Å². The minimum absolute atomic E-state index is 0.0213. The number of thiocarbonyl (C=S) groups is 1. The Morgan fingerprint density at radius 1 is 0.983 bits per heavy atom. The van der Waals surface area contributed by atoms with Crippen molar-refractivity contribution in [3.05, 3.63) is 94.4 Å². The van der Waals surface area contributed by atoms with Gasteiger partial charge in [-0.05, 0) is 59.7 Å². The molecule has 0 saturated carbocycles. The maximum absolute atomic E-state index is 14.5. The molecule has 1 aromatic heterocycles. The number of amides is 3. The summed E-state index contributed by atoms with van der Waals surface area (Å²) < 4.78 is 61.1. The molecule has 4 aromatic rings. The summed E-state index contributed by atoms with van der Waals surface area (Å²) in [5, 5.41) is 21.9. The van der Waals surface area contributed by atoms with Crippen molar-refractivity contribution in [2.45, 2.75) is 111 Å². The first-order valence-corrected chi connectivity index (χ1v) is 20.4. The number of aromatic hydroxyl groups is 1. The number of halogens is 4. The Morgan fingerprint density at radius 3 is 2.29 bits per heavy atom. The number of para-hydroxylation sites is 1. The Labute approximate surface area is 349 Å². The lowest BCUT2D eigenvalue weighted by Gasteiger charge is -2.39. The summed E-state index contributed by atoms with van der Waals surface area (Å²) in [7, 11) is 1.44. The number of unbranched alkanes of at least 4 members (excludes halogenated alkanes) is 1. The molecule has 1 aliphatic carbocycles. The van der Waals surface area contributed by atoms with Crippen molar-refractivity contribution in [3.63, 3.8) is 0 Å². The summed E-state index contributed by atoms with van der Waals surface area (Å²) in [6.45, 7) is 11.9. The van der Waals surface area contributed by atoms with E-state index in [1.807, 2.05) is 27.7 Å². The van der Waals surface area contributed by atoms with Crippen LogP contribution in [-0.4, -0.2) is 58.0 Å². The minimum Gasteiger partial charge on any atom is -0.504 e. The Hall–Kier alpha value is -5.18. The highest BCUT2D eigenvalue weighted by molar-refractivity contribution is 7.80. The molecular formula is C44H57F4N5O5S. The van der Waals surface area contributed by atoms with Crippen LogP contribution in [0.15, 0.2) is 60.7 Å².